The van der Waals surface area contributed by atoms with E-state index in [4.69, 9.17) is 17.3 Å². The van der Waals surface area contributed by atoms with Crippen molar-refractivity contribution in [3.05, 3.63) is 28.5 Å². The van der Waals surface area contributed by atoms with Crippen molar-refractivity contribution in [2.24, 2.45) is 5.73 Å². The molecule has 3 nitrogen and oxygen atoms in total. The normalized spacial score (nSPS) is 12.9. The van der Waals surface area contributed by atoms with Crippen LogP contribution in [-0.2, 0) is 0 Å². The molecule has 0 fully saturated rings. The van der Waals surface area contributed by atoms with Gasteiger partial charge in [-0.25, -0.2) is 0 Å². The number of hydrogen-bond acceptors (Lipinski definition) is 3. The number of pyridine rings is 1. The van der Waals surface area contributed by atoms with Gasteiger partial charge in [-0.1, -0.05) is 11.6 Å². The van der Waals surface area contributed by atoms with Crippen LogP contribution in [-0.4, -0.2) is 16.6 Å². The van der Waals surface area contributed by atoms with Crippen molar-refractivity contribution in [2.45, 2.75) is 19.4 Å². The Kier molecular flexibility index (Phi) is 3.66. The average Bonchev–Trinajstić information content (AvgIpc) is 2.04. The van der Waals surface area contributed by atoms with Gasteiger partial charge in [0.15, 0.2) is 0 Å². The topological polar surface area (TPSA) is 59.1 Å². The van der Waals surface area contributed by atoms with Crippen LogP contribution in [0.2, 0.25) is 5.02 Å². The van der Waals surface area contributed by atoms with Gasteiger partial charge in [0.05, 0.1) is 11.1 Å². The molecule has 13 heavy (non-hydrogen) atoms. The number of rotatable bonds is 3. The second-order valence-corrected chi connectivity index (χ2v) is 3.35. The third-order valence-electron chi connectivity index (χ3n) is 1.91. The molecule has 1 heterocycles. The van der Waals surface area contributed by atoms with E-state index in [0.717, 1.165) is 11.1 Å². The van der Waals surface area contributed by atoms with Crippen molar-refractivity contribution in [2.75, 3.05) is 6.54 Å². The lowest BCUT2D eigenvalue weighted by atomic mass is 10.0. The van der Waals surface area contributed by atoms with Crippen molar-refractivity contribution < 1.29 is 5.11 Å². The second kappa shape index (κ2) is 4.56. The molecule has 0 aliphatic carbocycles. The van der Waals surface area contributed by atoms with E-state index in [2.05, 4.69) is 4.98 Å². The predicted molar refractivity (Wildman–Crippen MR) is 52.6 cm³/mol. The third kappa shape index (κ3) is 2.40. The zero-order valence-electron chi connectivity index (χ0n) is 7.50. The number of aryl methyl sites for hydroxylation is 1. The molecule has 1 atom stereocenters. The highest BCUT2D eigenvalue weighted by molar-refractivity contribution is 6.31. The zero-order chi connectivity index (χ0) is 9.84. The van der Waals surface area contributed by atoms with E-state index in [9.17, 15) is 5.11 Å². The highest BCUT2D eigenvalue weighted by Gasteiger charge is 2.13. The SMILES string of the molecule is Cc1cncc(Cl)c1C(O)CCN. The number of halogens is 1. The molecule has 0 saturated heterocycles. The summed E-state index contributed by atoms with van der Waals surface area (Å²) in [5.41, 5.74) is 6.98. The molecule has 0 radical (unpaired) electrons. The number of nitrogens with zero attached hydrogens (tertiary/aromatic N) is 1. The maximum atomic E-state index is 9.69. The van der Waals surface area contributed by atoms with Crippen LogP contribution in [0.1, 0.15) is 23.7 Å². The second-order valence-electron chi connectivity index (χ2n) is 2.95. The van der Waals surface area contributed by atoms with Gasteiger partial charge in [0.2, 0.25) is 0 Å². The molecule has 0 aromatic carbocycles. The van der Waals surface area contributed by atoms with Crippen molar-refractivity contribution in [3.63, 3.8) is 0 Å². The van der Waals surface area contributed by atoms with Crippen LogP contribution in [0.15, 0.2) is 12.4 Å². The molecule has 0 saturated carbocycles. The van der Waals surface area contributed by atoms with Gasteiger partial charge in [0.1, 0.15) is 0 Å². The Hall–Kier alpha value is -0.640. The summed E-state index contributed by atoms with van der Waals surface area (Å²) in [5.74, 6) is 0. The Bertz CT molecular complexity index is 271. The Morgan fingerprint density at radius 2 is 2.31 bits per heavy atom. The van der Waals surface area contributed by atoms with Crippen molar-refractivity contribution >= 4 is 11.6 Å². The molecule has 0 spiro atoms. The zero-order valence-corrected chi connectivity index (χ0v) is 8.25. The summed E-state index contributed by atoms with van der Waals surface area (Å²) in [4.78, 5) is 3.91. The Labute approximate surface area is 82.5 Å². The summed E-state index contributed by atoms with van der Waals surface area (Å²) in [5, 5.41) is 10.2. The van der Waals surface area contributed by atoms with Gasteiger partial charge in [0.25, 0.3) is 0 Å². The first-order chi connectivity index (χ1) is 6.16. The average molecular weight is 201 g/mol. The van der Waals surface area contributed by atoms with Crippen molar-refractivity contribution in [3.8, 4) is 0 Å². The Balaban J connectivity index is 2.98. The van der Waals surface area contributed by atoms with Gasteiger partial charge in [-0.2, -0.15) is 0 Å². The standard InChI is InChI=1S/C9H13ClN2O/c1-6-4-12-5-7(10)9(6)8(13)2-3-11/h4-5,8,13H,2-3,11H2,1H3. The van der Waals surface area contributed by atoms with E-state index in [1.54, 1.807) is 6.20 Å². The van der Waals surface area contributed by atoms with Gasteiger partial charge in [-0.3, -0.25) is 4.98 Å². The van der Waals surface area contributed by atoms with Gasteiger partial charge < -0.3 is 10.8 Å². The number of nitrogens with two attached hydrogens (primary N) is 1. The van der Waals surface area contributed by atoms with E-state index >= 15 is 0 Å². The third-order valence-corrected chi connectivity index (χ3v) is 2.21. The van der Waals surface area contributed by atoms with Crippen LogP contribution in [0.3, 0.4) is 0 Å². The summed E-state index contributed by atoms with van der Waals surface area (Å²) >= 11 is 5.90. The van der Waals surface area contributed by atoms with E-state index < -0.39 is 6.10 Å². The molecule has 1 unspecified atom stereocenters. The predicted octanol–water partition coefficient (Wildman–Crippen LogP) is 1.43. The molecule has 0 amide bonds. The maximum absolute atomic E-state index is 9.69. The quantitative estimate of drug-likeness (QED) is 0.776. The van der Waals surface area contributed by atoms with E-state index in [-0.39, 0.29) is 0 Å². The lowest BCUT2D eigenvalue weighted by molar-refractivity contribution is 0.169. The van der Waals surface area contributed by atoms with Crippen molar-refractivity contribution in [1.29, 1.82) is 0 Å². The lowest BCUT2D eigenvalue weighted by Crippen LogP contribution is -2.08. The molecule has 3 N–H and O–H groups in total. The highest BCUT2D eigenvalue weighted by Crippen LogP contribution is 2.26. The van der Waals surface area contributed by atoms with Gasteiger partial charge in [-0.15, -0.1) is 0 Å². The summed E-state index contributed by atoms with van der Waals surface area (Å²) in [6, 6.07) is 0. The fourth-order valence-corrected chi connectivity index (χ4v) is 1.60. The minimum atomic E-state index is -0.583. The van der Waals surface area contributed by atoms with Crippen LogP contribution >= 0.6 is 11.6 Å². The van der Waals surface area contributed by atoms with Crippen LogP contribution in [0, 0.1) is 6.92 Å². The van der Waals surface area contributed by atoms with E-state index in [1.807, 2.05) is 6.92 Å². The van der Waals surface area contributed by atoms with Gasteiger partial charge >= 0.3 is 0 Å². The number of aromatic nitrogens is 1. The van der Waals surface area contributed by atoms with E-state index in [1.165, 1.54) is 6.20 Å². The molecule has 1 rings (SSSR count). The fourth-order valence-electron chi connectivity index (χ4n) is 1.27. The first kappa shape index (κ1) is 10.4. The molecular weight excluding hydrogens is 188 g/mol. The number of aliphatic hydroxyl groups excluding tert-OH is 1. The van der Waals surface area contributed by atoms with Crippen molar-refractivity contribution in [1.82, 2.24) is 4.98 Å². The minimum Gasteiger partial charge on any atom is -0.388 e. The van der Waals surface area contributed by atoms with Gasteiger partial charge in [0, 0.05) is 18.0 Å². The number of hydrogen-bond donors (Lipinski definition) is 2. The molecule has 72 valence electrons. The maximum Gasteiger partial charge on any atom is 0.0820 e. The fraction of sp³-hybridized carbons (Fsp3) is 0.444. The Morgan fingerprint density at radius 3 is 2.85 bits per heavy atom. The molecule has 4 heteroatoms. The molecule has 0 aliphatic heterocycles. The molecular formula is C9H13ClN2O. The molecule has 0 aliphatic rings. The van der Waals surface area contributed by atoms with Crippen LogP contribution in [0.4, 0.5) is 0 Å². The monoisotopic (exact) mass is 200 g/mol. The number of aliphatic hydroxyl groups is 1. The first-order valence-corrected chi connectivity index (χ1v) is 4.52. The largest absolute Gasteiger partial charge is 0.388 e. The van der Waals surface area contributed by atoms with Gasteiger partial charge in [-0.05, 0) is 25.5 Å². The molecule has 1 aromatic heterocycles. The summed E-state index contributed by atoms with van der Waals surface area (Å²) < 4.78 is 0. The Morgan fingerprint density at radius 1 is 1.62 bits per heavy atom. The summed E-state index contributed by atoms with van der Waals surface area (Å²) in [7, 11) is 0. The highest BCUT2D eigenvalue weighted by atomic mass is 35.5. The first-order valence-electron chi connectivity index (χ1n) is 4.15. The lowest BCUT2D eigenvalue weighted by Gasteiger charge is -2.13. The summed E-state index contributed by atoms with van der Waals surface area (Å²) in [6.07, 6.45) is 3.15. The molecule has 0 bridgehead atoms. The van der Waals surface area contributed by atoms with Crippen LogP contribution in [0.5, 0.6) is 0 Å². The van der Waals surface area contributed by atoms with E-state index in [0.29, 0.717) is 18.0 Å². The molecule has 1 aromatic rings. The van der Waals surface area contributed by atoms with Crippen LogP contribution in [0.25, 0.3) is 0 Å². The van der Waals surface area contributed by atoms with Crippen LogP contribution < -0.4 is 5.73 Å². The smallest absolute Gasteiger partial charge is 0.0820 e. The minimum absolute atomic E-state index is 0.444. The summed E-state index contributed by atoms with van der Waals surface area (Å²) in [6.45, 7) is 2.31.